The maximum atomic E-state index is 12.7. The van der Waals surface area contributed by atoms with Gasteiger partial charge in [0.1, 0.15) is 6.61 Å². The summed E-state index contributed by atoms with van der Waals surface area (Å²) in [6.07, 6.45) is 0.359. The summed E-state index contributed by atoms with van der Waals surface area (Å²) in [5.74, 6) is -0.249. The predicted octanol–water partition coefficient (Wildman–Crippen LogP) is 4.11. The van der Waals surface area contributed by atoms with Crippen molar-refractivity contribution in [3.05, 3.63) is 102 Å². The third-order valence-corrected chi connectivity index (χ3v) is 4.77. The lowest BCUT2D eigenvalue weighted by molar-refractivity contribution is -0.121. The molecule has 3 aromatic carbocycles. The van der Waals surface area contributed by atoms with Gasteiger partial charge < -0.3 is 15.4 Å². The zero-order valence-corrected chi connectivity index (χ0v) is 17.0. The molecule has 0 saturated carbocycles. The topological polar surface area (TPSA) is 67.4 Å². The van der Waals surface area contributed by atoms with Crippen molar-refractivity contribution in [1.29, 1.82) is 0 Å². The van der Waals surface area contributed by atoms with Gasteiger partial charge in [-0.15, -0.1) is 0 Å². The quantitative estimate of drug-likeness (QED) is 0.566. The maximum absolute atomic E-state index is 12.7. The first-order valence-corrected chi connectivity index (χ1v) is 9.90. The average Bonchev–Trinajstić information content (AvgIpc) is 2.78. The summed E-state index contributed by atoms with van der Waals surface area (Å²) in [7, 11) is 1.48. The second-order valence-corrected chi connectivity index (χ2v) is 7.04. The van der Waals surface area contributed by atoms with Crippen molar-refractivity contribution >= 4 is 17.5 Å². The minimum Gasteiger partial charge on any atom is -0.375 e. The molecule has 3 rings (SSSR count). The molecule has 0 aliphatic carbocycles. The number of rotatable bonds is 9. The lowest BCUT2D eigenvalue weighted by Crippen LogP contribution is -2.25. The summed E-state index contributed by atoms with van der Waals surface area (Å²) in [6.45, 7) is 0.393. The van der Waals surface area contributed by atoms with Gasteiger partial charge in [0.25, 0.3) is 0 Å². The van der Waals surface area contributed by atoms with Gasteiger partial charge >= 0.3 is 0 Å². The van der Waals surface area contributed by atoms with Crippen LogP contribution in [0.5, 0.6) is 0 Å². The Morgan fingerprint density at radius 3 is 2.07 bits per heavy atom. The van der Waals surface area contributed by atoms with Gasteiger partial charge in [-0.05, 0) is 28.8 Å². The smallest absolute Gasteiger partial charge is 0.250 e. The van der Waals surface area contributed by atoms with E-state index in [1.54, 1.807) is 6.07 Å². The van der Waals surface area contributed by atoms with Crippen LogP contribution in [0.15, 0.2) is 84.9 Å². The van der Waals surface area contributed by atoms with Crippen LogP contribution in [0.4, 0.5) is 5.69 Å². The number of anilines is 1. The molecule has 3 aromatic rings. The maximum Gasteiger partial charge on any atom is 0.250 e. The van der Waals surface area contributed by atoms with E-state index in [2.05, 4.69) is 34.9 Å². The molecule has 0 saturated heterocycles. The van der Waals surface area contributed by atoms with Crippen LogP contribution in [-0.4, -0.2) is 25.5 Å². The van der Waals surface area contributed by atoms with Crippen LogP contribution in [0.3, 0.4) is 0 Å². The molecule has 0 unspecified atom stereocenters. The molecule has 30 heavy (non-hydrogen) atoms. The van der Waals surface area contributed by atoms with Crippen molar-refractivity contribution in [2.75, 3.05) is 19.0 Å². The molecule has 5 nitrogen and oxygen atoms in total. The molecule has 0 atom stereocenters. The molecule has 0 spiro atoms. The van der Waals surface area contributed by atoms with E-state index in [-0.39, 0.29) is 24.3 Å². The number of amides is 2. The van der Waals surface area contributed by atoms with Gasteiger partial charge in [0.05, 0.1) is 0 Å². The third-order valence-electron chi connectivity index (χ3n) is 4.77. The van der Waals surface area contributed by atoms with E-state index in [1.165, 1.54) is 7.11 Å². The molecule has 0 bridgehead atoms. The van der Waals surface area contributed by atoms with Gasteiger partial charge in [-0.1, -0.05) is 72.8 Å². The molecule has 0 radical (unpaired) electrons. The Bertz CT molecular complexity index is 919. The monoisotopic (exact) mass is 402 g/mol. The standard InChI is InChI=1S/C25H26N2O3/c1-30-18-25(29)27-22-14-8-9-19(15-22)17-26-24(28)16-23(20-10-4-2-5-11-20)21-12-6-3-7-13-21/h2-15,23H,16-18H2,1H3,(H,26,28)(H,27,29). The number of carbonyl (C=O) groups excluding carboxylic acids is 2. The van der Waals surface area contributed by atoms with E-state index in [0.717, 1.165) is 16.7 Å². The van der Waals surface area contributed by atoms with Crippen molar-refractivity contribution in [3.63, 3.8) is 0 Å². The number of hydrogen-bond acceptors (Lipinski definition) is 3. The zero-order chi connectivity index (χ0) is 21.2. The highest BCUT2D eigenvalue weighted by Crippen LogP contribution is 2.27. The largest absolute Gasteiger partial charge is 0.375 e. The fourth-order valence-electron chi connectivity index (χ4n) is 3.34. The molecular weight excluding hydrogens is 376 g/mol. The molecule has 0 fully saturated rings. The van der Waals surface area contributed by atoms with Gasteiger partial charge in [0, 0.05) is 31.7 Å². The molecule has 2 amide bonds. The van der Waals surface area contributed by atoms with Crippen molar-refractivity contribution in [2.45, 2.75) is 18.9 Å². The predicted molar refractivity (Wildman–Crippen MR) is 118 cm³/mol. The first-order valence-electron chi connectivity index (χ1n) is 9.90. The number of nitrogens with one attached hydrogen (secondary N) is 2. The van der Waals surface area contributed by atoms with Crippen LogP contribution in [0, 0.1) is 0 Å². The molecule has 0 aliphatic rings. The van der Waals surface area contributed by atoms with Crippen LogP contribution in [0.1, 0.15) is 29.0 Å². The highest BCUT2D eigenvalue weighted by atomic mass is 16.5. The van der Waals surface area contributed by atoms with Crippen LogP contribution >= 0.6 is 0 Å². The van der Waals surface area contributed by atoms with Crippen LogP contribution in [0.25, 0.3) is 0 Å². The molecule has 0 aliphatic heterocycles. The fraction of sp³-hybridized carbons (Fsp3) is 0.200. The third kappa shape index (κ3) is 6.29. The number of methoxy groups -OCH3 is 1. The van der Waals surface area contributed by atoms with Gasteiger partial charge in [0.15, 0.2) is 0 Å². The Hall–Kier alpha value is -3.44. The Balaban J connectivity index is 1.63. The summed E-state index contributed by atoms with van der Waals surface area (Å²) in [6, 6.07) is 27.5. The molecule has 2 N–H and O–H groups in total. The van der Waals surface area contributed by atoms with E-state index in [0.29, 0.717) is 18.7 Å². The van der Waals surface area contributed by atoms with Crippen molar-refractivity contribution in [3.8, 4) is 0 Å². The van der Waals surface area contributed by atoms with Gasteiger partial charge in [-0.25, -0.2) is 0 Å². The first-order chi connectivity index (χ1) is 14.7. The van der Waals surface area contributed by atoms with Crippen LogP contribution in [-0.2, 0) is 20.9 Å². The van der Waals surface area contributed by atoms with Crippen molar-refractivity contribution in [2.24, 2.45) is 0 Å². The minimum atomic E-state index is -0.216. The first kappa shape index (κ1) is 21.3. The Kier molecular flexibility index (Phi) is 7.75. The van der Waals surface area contributed by atoms with Crippen LogP contribution in [0.2, 0.25) is 0 Å². The molecule has 5 heteroatoms. The number of benzene rings is 3. The van der Waals surface area contributed by atoms with E-state index in [9.17, 15) is 9.59 Å². The molecule has 0 aromatic heterocycles. The van der Waals surface area contributed by atoms with E-state index in [4.69, 9.17) is 4.74 Å². The second kappa shape index (κ2) is 10.9. The number of ether oxygens (including phenoxy) is 1. The van der Waals surface area contributed by atoms with Crippen molar-refractivity contribution < 1.29 is 14.3 Å². The Labute approximate surface area is 177 Å². The molecular formula is C25H26N2O3. The normalized spacial score (nSPS) is 10.6. The fourth-order valence-corrected chi connectivity index (χ4v) is 3.34. The highest BCUT2D eigenvalue weighted by Gasteiger charge is 2.18. The van der Waals surface area contributed by atoms with E-state index < -0.39 is 0 Å². The summed E-state index contributed by atoms with van der Waals surface area (Å²) in [5.41, 5.74) is 3.81. The minimum absolute atomic E-state index is 0.00131. The lowest BCUT2D eigenvalue weighted by Gasteiger charge is -2.18. The summed E-state index contributed by atoms with van der Waals surface area (Å²) in [4.78, 5) is 24.4. The number of hydrogen-bond donors (Lipinski definition) is 2. The van der Waals surface area contributed by atoms with Gasteiger partial charge in [-0.3, -0.25) is 9.59 Å². The Morgan fingerprint density at radius 1 is 0.833 bits per heavy atom. The second-order valence-electron chi connectivity index (χ2n) is 7.04. The summed E-state index contributed by atoms with van der Waals surface area (Å²) in [5, 5.41) is 5.77. The SMILES string of the molecule is COCC(=O)Nc1cccc(CNC(=O)CC(c2ccccc2)c2ccccc2)c1. The Morgan fingerprint density at radius 2 is 1.47 bits per heavy atom. The van der Waals surface area contributed by atoms with Gasteiger partial charge in [-0.2, -0.15) is 0 Å². The average molecular weight is 402 g/mol. The van der Waals surface area contributed by atoms with Crippen LogP contribution < -0.4 is 10.6 Å². The van der Waals surface area contributed by atoms with E-state index in [1.807, 2.05) is 54.6 Å². The molecule has 154 valence electrons. The summed E-state index contributed by atoms with van der Waals surface area (Å²) >= 11 is 0. The van der Waals surface area contributed by atoms with E-state index >= 15 is 0 Å². The van der Waals surface area contributed by atoms with Gasteiger partial charge in [0.2, 0.25) is 11.8 Å². The lowest BCUT2D eigenvalue weighted by atomic mass is 9.88. The number of carbonyl (C=O) groups is 2. The molecule has 0 heterocycles. The summed E-state index contributed by atoms with van der Waals surface area (Å²) < 4.78 is 4.83. The van der Waals surface area contributed by atoms with Crippen molar-refractivity contribution in [1.82, 2.24) is 5.32 Å². The highest BCUT2D eigenvalue weighted by molar-refractivity contribution is 5.91. The zero-order valence-electron chi connectivity index (χ0n) is 17.0.